The molecule has 2 aliphatic rings. The summed E-state index contributed by atoms with van der Waals surface area (Å²) in [5.74, 6) is 0.0297. The van der Waals surface area contributed by atoms with Crippen molar-refractivity contribution in [3.8, 4) is 0 Å². The summed E-state index contributed by atoms with van der Waals surface area (Å²) in [6.45, 7) is 2.72. The van der Waals surface area contributed by atoms with Crippen LogP contribution in [0, 0.1) is 5.92 Å². The number of hydrogen-bond donors (Lipinski definition) is 2. The highest BCUT2D eigenvalue weighted by molar-refractivity contribution is 7.89. The van der Waals surface area contributed by atoms with Crippen molar-refractivity contribution in [1.82, 2.24) is 10.2 Å². The van der Waals surface area contributed by atoms with Crippen LogP contribution < -0.4 is 10.5 Å². The van der Waals surface area contributed by atoms with Crippen LogP contribution in [0.4, 0.5) is 0 Å². The summed E-state index contributed by atoms with van der Waals surface area (Å²) in [5, 5.41) is 8.49. The first-order chi connectivity index (χ1) is 11.4. The zero-order valence-corrected chi connectivity index (χ0v) is 14.6. The Bertz CT molecular complexity index is 684. The number of nitrogens with zero attached hydrogens (tertiary/aromatic N) is 1. The number of benzene rings is 1. The quantitative estimate of drug-likeness (QED) is 0.823. The number of carbonyl (C=O) groups is 1. The molecule has 1 amide bonds. The zero-order valence-electron chi connectivity index (χ0n) is 13.8. The third-order valence-corrected chi connectivity index (χ3v) is 6.17. The van der Waals surface area contributed by atoms with Gasteiger partial charge in [0.15, 0.2) is 0 Å². The summed E-state index contributed by atoms with van der Waals surface area (Å²) >= 11 is 0. The molecule has 0 radical (unpaired) electrons. The third-order valence-electron chi connectivity index (χ3n) is 5.23. The maximum absolute atomic E-state index is 13.4. The predicted octanol–water partition coefficient (Wildman–Crippen LogP) is 0.445. The number of hydrogen-bond acceptors (Lipinski definition) is 4. The molecule has 2 fully saturated rings. The van der Waals surface area contributed by atoms with Gasteiger partial charge in [-0.1, -0.05) is 30.3 Å². The van der Waals surface area contributed by atoms with Crippen molar-refractivity contribution < 1.29 is 13.2 Å². The minimum atomic E-state index is -3.50. The number of carbonyl (C=O) groups excluding carboxylic acids is 1. The Morgan fingerprint density at radius 1 is 1.25 bits per heavy atom. The lowest BCUT2D eigenvalue weighted by molar-refractivity contribution is -0.137. The first-order valence-corrected chi connectivity index (χ1v) is 10.2. The highest BCUT2D eigenvalue weighted by Gasteiger charge is 2.45. The van der Waals surface area contributed by atoms with Crippen molar-refractivity contribution in [2.24, 2.45) is 11.1 Å². The van der Waals surface area contributed by atoms with Crippen LogP contribution in [0.15, 0.2) is 30.3 Å². The molecule has 2 heterocycles. The van der Waals surface area contributed by atoms with Gasteiger partial charge in [-0.2, -0.15) is 0 Å². The number of nitrogens with one attached hydrogen (secondary N) is 1. The largest absolute Gasteiger partial charge is 0.342 e. The summed E-state index contributed by atoms with van der Waals surface area (Å²) < 4.78 is 22.6. The highest BCUT2D eigenvalue weighted by atomic mass is 32.2. The number of rotatable bonds is 4. The van der Waals surface area contributed by atoms with Crippen molar-refractivity contribution in [1.29, 1.82) is 0 Å². The Morgan fingerprint density at radius 2 is 1.92 bits per heavy atom. The van der Waals surface area contributed by atoms with E-state index in [-0.39, 0.29) is 17.6 Å². The Balaban J connectivity index is 1.80. The van der Waals surface area contributed by atoms with Gasteiger partial charge >= 0.3 is 0 Å². The van der Waals surface area contributed by atoms with Gasteiger partial charge in [0, 0.05) is 13.1 Å². The molecule has 1 aromatic carbocycles. The van der Waals surface area contributed by atoms with Gasteiger partial charge in [-0.05, 0) is 43.8 Å². The average Bonchev–Trinajstić information content (AvgIpc) is 3.02. The number of piperidine rings is 1. The lowest BCUT2D eigenvalue weighted by Gasteiger charge is -2.39. The Hall–Kier alpha value is -1.44. The first kappa shape index (κ1) is 17.4. The van der Waals surface area contributed by atoms with Crippen molar-refractivity contribution in [3.05, 3.63) is 35.9 Å². The van der Waals surface area contributed by atoms with Gasteiger partial charge in [0.1, 0.15) is 0 Å². The second kappa shape index (κ2) is 6.82. The van der Waals surface area contributed by atoms with Crippen molar-refractivity contribution in [2.45, 2.75) is 24.7 Å². The van der Waals surface area contributed by atoms with Gasteiger partial charge < -0.3 is 10.2 Å². The molecular formula is C17H25N3O3S. The number of likely N-dealkylation sites (tertiary alicyclic amines) is 1. The van der Waals surface area contributed by atoms with Gasteiger partial charge in [-0.3, -0.25) is 4.79 Å². The predicted molar refractivity (Wildman–Crippen MR) is 92.9 cm³/mol. The van der Waals surface area contributed by atoms with Gasteiger partial charge in [-0.25, -0.2) is 13.6 Å². The summed E-state index contributed by atoms with van der Waals surface area (Å²) in [5.41, 5.74) is 0.564. The van der Waals surface area contributed by atoms with Crippen molar-refractivity contribution >= 4 is 15.9 Å². The van der Waals surface area contributed by atoms with E-state index in [0.717, 1.165) is 31.5 Å². The van der Waals surface area contributed by atoms with Crippen LogP contribution >= 0.6 is 0 Å². The minimum Gasteiger partial charge on any atom is -0.342 e. The fourth-order valence-electron chi connectivity index (χ4n) is 4.02. The van der Waals surface area contributed by atoms with Crippen LogP contribution in [-0.2, 0) is 20.2 Å². The van der Waals surface area contributed by atoms with E-state index in [4.69, 9.17) is 5.14 Å². The van der Waals surface area contributed by atoms with Crippen molar-refractivity contribution in [2.75, 3.05) is 31.9 Å². The van der Waals surface area contributed by atoms with E-state index in [1.165, 1.54) is 0 Å². The van der Waals surface area contributed by atoms with Crippen LogP contribution in [0.2, 0.25) is 0 Å². The number of sulfonamides is 1. The minimum absolute atomic E-state index is 0.0450. The van der Waals surface area contributed by atoms with Crippen LogP contribution in [0.25, 0.3) is 0 Å². The smallest absolute Gasteiger partial charge is 0.233 e. The highest BCUT2D eigenvalue weighted by Crippen LogP contribution is 2.37. The monoisotopic (exact) mass is 351 g/mol. The Kier molecular flexibility index (Phi) is 4.94. The molecule has 3 rings (SSSR count). The van der Waals surface area contributed by atoms with Crippen LogP contribution in [0.5, 0.6) is 0 Å². The molecule has 1 aromatic rings. The van der Waals surface area contributed by atoms with Crippen molar-refractivity contribution in [3.63, 3.8) is 0 Å². The summed E-state index contributed by atoms with van der Waals surface area (Å²) in [6.07, 6.45) is 2.24. The molecule has 0 spiro atoms. The normalized spacial score (nSPS) is 24.0. The molecule has 7 heteroatoms. The van der Waals surface area contributed by atoms with Gasteiger partial charge in [0.05, 0.1) is 11.2 Å². The van der Waals surface area contributed by atoms with Gasteiger partial charge in [0.2, 0.25) is 15.9 Å². The summed E-state index contributed by atoms with van der Waals surface area (Å²) in [7, 11) is -3.50. The topological polar surface area (TPSA) is 92.5 Å². The van der Waals surface area contributed by atoms with Crippen LogP contribution in [0.1, 0.15) is 24.8 Å². The van der Waals surface area contributed by atoms with E-state index < -0.39 is 15.4 Å². The standard InChI is InChI=1S/C17H25N3O3S/c18-24(22,23)13-14-6-11-20(12-14)16(21)17(7-9-19-10-8-17)15-4-2-1-3-5-15/h1-5,14,19H,6-13H2,(H2,18,22,23). The fraction of sp³-hybridized carbons (Fsp3) is 0.588. The molecule has 0 aliphatic carbocycles. The maximum atomic E-state index is 13.4. The Morgan fingerprint density at radius 3 is 2.54 bits per heavy atom. The van der Waals surface area contributed by atoms with Crippen LogP contribution in [-0.4, -0.2) is 51.2 Å². The summed E-state index contributed by atoms with van der Waals surface area (Å²) in [4.78, 5) is 15.2. The molecule has 24 heavy (non-hydrogen) atoms. The van der Waals surface area contributed by atoms with E-state index in [9.17, 15) is 13.2 Å². The molecule has 2 aliphatic heterocycles. The number of primary sulfonamides is 1. The average molecular weight is 351 g/mol. The molecule has 6 nitrogen and oxygen atoms in total. The first-order valence-electron chi connectivity index (χ1n) is 8.47. The van der Waals surface area contributed by atoms with Gasteiger partial charge in [0.25, 0.3) is 0 Å². The number of nitrogens with two attached hydrogens (primary N) is 1. The molecular weight excluding hydrogens is 326 g/mol. The molecule has 1 unspecified atom stereocenters. The molecule has 132 valence electrons. The lowest BCUT2D eigenvalue weighted by atomic mass is 9.72. The molecule has 1 atom stereocenters. The SMILES string of the molecule is NS(=O)(=O)CC1CCN(C(=O)C2(c3ccccc3)CCNCC2)C1. The van der Waals surface area contributed by atoms with E-state index in [1.807, 2.05) is 35.2 Å². The molecule has 0 aromatic heterocycles. The second-order valence-corrected chi connectivity index (χ2v) is 8.59. The third kappa shape index (κ3) is 3.63. The lowest BCUT2D eigenvalue weighted by Crippen LogP contribution is -2.51. The second-order valence-electron chi connectivity index (χ2n) is 6.93. The van der Waals surface area contributed by atoms with E-state index in [1.54, 1.807) is 0 Å². The molecule has 0 bridgehead atoms. The Labute approximate surface area is 143 Å². The zero-order chi connectivity index (χ0) is 17.2. The fourth-order valence-corrected chi connectivity index (χ4v) is 4.95. The molecule has 2 saturated heterocycles. The van der Waals surface area contributed by atoms with Gasteiger partial charge in [-0.15, -0.1) is 0 Å². The number of amides is 1. The van der Waals surface area contributed by atoms with E-state index >= 15 is 0 Å². The van der Waals surface area contributed by atoms with E-state index in [0.29, 0.717) is 19.5 Å². The molecule has 3 N–H and O–H groups in total. The molecule has 0 saturated carbocycles. The van der Waals surface area contributed by atoms with E-state index in [2.05, 4.69) is 5.32 Å². The summed E-state index contributed by atoms with van der Waals surface area (Å²) in [6, 6.07) is 9.96. The maximum Gasteiger partial charge on any atom is 0.233 e. The van der Waals surface area contributed by atoms with Crippen LogP contribution in [0.3, 0.4) is 0 Å².